The van der Waals surface area contributed by atoms with Gasteiger partial charge in [-0.15, -0.1) is 0 Å². The molecule has 2 unspecified atom stereocenters. The minimum atomic E-state index is -0.284. The van der Waals surface area contributed by atoms with Gasteiger partial charge in [0.05, 0.1) is 13.2 Å². The van der Waals surface area contributed by atoms with Crippen LogP contribution >= 0.6 is 0 Å². The summed E-state index contributed by atoms with van der Waals surface area (Å²) in [6.07, 6.45) is 5.77. The first-order valence-electron chi connectivity index (χ1n) is 7.87. The SMILES string of the molecule is CCN(C)Cc1ccc(OC)c2c1[C@@H]1C=CC(O)CC1C2. The fourth-order valence-corrected chi connectivity index (χ4v) is 3.80. The number of nitrogens with zero attached hydrogens (tertiary/aromatic N) is 1. The second-order valence-electron chi connectivity index (χ2n) is 6.33. The molecule has 0 saturated carbocycles. The van der Waals surface area contributed by atoms with Crippen LogP contribution in [0.3, 0.4) is 0 Å². The van der Waals surface area contributed by atoms with Gasteiger partial charge in [0.1, 0.15) is 5.75 Å². The third-order valence-electron chi connectivity index (χ3n) is 5.00. The summed E-state index contributed by atoms with van der Waals surface area (Å²) in [6.45, 7) is 4.20. The zero-order chi connectivity index (χ0) is 15.0. The van der Waals surface area contributed by atoms with E-state index in [1.54, 1.807) is 7.11 Å². The molecule has 0 amide bonds. The van der Waals surface area contributed by atoms with Gasteiger partial charge >= 0.3 is 0 Å². The molecular formula is C18H25NO2. The predicted molar refractivity (Wildman–Crippen MR) is 84.7 cm³/mol. The Morgan fingerprint density at radius 1 is 1.33 bits per heavy atom. The van der Waals surface area contributed by atoms with Crippen LogP contribution in [-0.4, -0.2) is 36.8 Å². The van der Waals surface area contributed by atoms with Gasteiger partial charge in [-0.2, -0.15) is 0 Å². The lowest BCUT2D eigenvalue weighted by atomic mass is 9.82. The molecule has 0 aromatic heterocycles. The Morgan fingerprint density at radius 3 is 2.86 bits per heavy atom. The summed E-state index contributed by atoms with van der Waals surface area (Å²) in [7, 11) is 3.91. The molecule has 0 aliphatic heterocycles. The molecule has 3 atom stereocenters. The molecule has 114 valence electrons. The quantitative estimate of drug-likeness (QED) is 0.864. The van der Waals surface area contributed by atoms with Crippen molar-refractivity contribution in [1.29, 1.82) is 0 Å². The smallest absolute Gasteiger partial charge is 0.122 e. The number of rotatable bonds is 4. The average molecular weight is 287 g/mol. The Labute approximate surface area is 127 Å². The lowest BCUT2D eigenvalue weighted by Gasteiger charge is -2.26. The number of benzene rings is 1. The maximum absolute atomic E-state index is 9.89. The highest BCUT2D eigenvalue weighted by Crippen LogP contribution is 2.48. The summed E-state index contributed by atoms with van der Waals surface area (Å²) in [5.74, 6) is 1.96. The zero-order valence-electron chi connectivity index (χ0n) is 13.2. The van der Waals surface area contributed by atoms with Crippen LogP contribution in [0, 0.1) is 5.92 Å². The number of aliphatic hydroxyl groups excluding tert-OH is 1. The van der Waals surface area contributed by atoms with Gasteiger partial charge in [-0.05, 0) is 55.1 Å². The van der Waals surface area contributed by atoms with Gasteiger partial charge in [-0.25, -0.2) is 0 Å². The minimum Gasteiger partial charge on any atom is -0.496 e. The summed E-state index contributed by atoms with van der Waals surface area (Å²) in [4.78, 5) is 2.33. The fraction of sp³-hybridized carbons (Fsp3) is 0.556. The van der Waals surface area contributed by atoms with Crippen LogP contribution in [0.2, 0.25) is 0 Å². The van der Waals surface area contributed by atoms with E-state index in [9.17, 15) is 5.11 Å². The van der Waals surface area contributed by atoms with Crippen LogP contribution in [0.15, 0.2) is 24.3 Å². The molecule has 3 rings (SSSR count). The van der Waals surface area contributed by atoms with Gasteiger partial charge in [0.15, 0.2) is 0 Å². The Morgan fingerprint density at radius 2 is 2.14 bits per heavy atom. The van der Waals surface area contributed by atoms with Crippen molar-refractivity contribution in [3.05, 3.63) is 41.0 Å². The van der Waals surface area contributed by atoms with Crippen molar-refractivity contribution in [3.63, 3.8) is 0 Å². The van der Waals surface area contributed by atoms with Gasteiger partial charge in [-0.1, -0.05) is 25.1 Å². The van der Waals surface area contributed by atoms with Crippen molar-refractivity contribution < 1.29 is 9.84 Å². The normalized spacial score (nSPS) is 26.8. The highest BCUT2D eigenvalue weighted by Gasteiger charge is 2.37. The van der Waals surface area contributed by atoms with Crippen molar-refractivity contribution in [1.82, 2.24) is 4.90 Å². The van der Waals surface area contributed by atoms with E-state index < -0.39 is 0 Å². The molecule has 0 radical (unpaired) electrons. The Kier molecular flexibility index (Phi) is 4.05. The summed E-state index contributed by atoms with van der Waals surface area (Å²) >= 11 is 0. The van der Waals surface area contributed by atoms with Gasteiger partial charge in [0.25, 0.3) is 0 Å². The first kappa shape index (κ1) is 14.6. The number of aliphatic hydroxyl groups is 1. The topological polar surface area (TPSA) is 32.7 Å². The van der Waals surface area contributed by atoms with Gasteiger partial charge < -0.3 is 14.7 Å². The van der Waals surface area contributed by atoms with Crippen LogP contribution in [0.25, 0.3) is 0 Å². The van der Waals surface area contributed by atoms with Crippen LogP contribution in [0.4, 0.5) is 0 Å². The lowest BCUT2D eigenvalue weighted by molar-refractivity contribution is 0.175. The zero-order valence-corrected chi connectivity index (χ0v) is 13.2. The van der Waals surface area contributed by atoms with E-state index in [1.807, 2.05) is 6.08 Å². The molecule has 2 aliphatic carbocycles. The van der Waals surface area contributed by atoms with Crippen LogP contribution in [-0.2, 0) is 13.0 Å². The van der Waals surface area contributed by atoms with Crippen molar-refractivity contribution in [2.45, 2.75) is 38.3 Å². The monoisotopic (exact) mass is 287 g/mol. The van der Waals surface area contributed by atoms with E-state index in [-0.39, 0.29) is 6.10 Å². The summed E-state index contributed by atoms with van der Waals surface area (Å²) < 4.78 is 5.58. The number of fused-ring (bicyclic) bond motifs is 3. The predicted octanol–water partition coefficient (Wildman–Crippen LogP) is 2.72. The number of ether oxygens (including phenoxy) is 1. The van der Waals surface area contributed by atoms with Crippen molar-refractivity contribution in [2.75, 3.05) is 20.7 Å². The lowest BCUT2D eigenvalue weighted by Crippen LogP contribution is -2.21. The maximum atomic E-state index is 9.89. The first-order valence-corrected chi connectivity index (χ1v) is 7.87. The van der Waals surface area contributed by atoms with Crippen molar-refractivity contribution >= 4 is 0 Å². The third-order valence-corrected chi connectivity index (χ3v) is 5.00. The largest absolute Gasteiger partial charge is 0.496 e. The molecule has 0 bridgehead atoms. The molecule has 1 aromatic rings. The van der Waals surface area contributed by atoms with Crippen LogP contribution in [0.1, 0.15) is 36.0 Å². The van der Waals surface area contributed by atoms with E-state index >= 15 is 0 Å². The average Bonchev–Trinajstić information content (AvgIpc) is 2.86. The summed E-state index contributed by atoms with van der Waals surface area (Å²) in [5.41, 5.74) is 4.21. The molecular weight excluding hydrogens is 262 g/mol. The Bertz CT molecular complexity index is 552. The molecule has 0 spiro atoms. The summed E-state index contributed by atoms with van der Waals surface area (Å²) in [6, 6.07) is 4.32. The highest BCUT2D eigenvalue weighted by molar-refractivity contribution is 5.53. The first-order chi connectivity index (χ1) is 10.1. The fourth-order valence-electron chi connectivity index (χ4n) is 3.80. The standard InChI is InChI=1S/C18H25NO2/c1-4-19(2)11-12-5-8-17(21-3)16-10-13-9-14(20)6-7-15(13)18(12)16/h5-8,13-15,20H,4,9-11H2,1-3H3/t13?,14?,15-/m1/s1. The molecule has 3 heteroatoms. The van der Waals surface area contributed by atoms with Gasteiger partial charge in [-0.3, -0.25) is 0 Å². The van der Waals surface area contributed by atoms with Crippen LogP contribution < -0.4 is 4.74 Å². The van der Waals surface area contributed by atoms with Crippen molar-refractivity contribution in [3.8, 4) is 5.75 Å². The molecule has 0 fully saturated rings. The van der Waals surface area contributed by atoms with E-state index in [0.29, 0.717) is 11.8 Å². The van der Waals surface area contributed by atoms with E-state index in [1.165, 1.54) is 16.7 Å². The molecule has 1 aromatic carbocycles. The molecule has 0 heterocycles. The van der Waals surface area contributed by atoms with Crippen LogP contribution in [0.5, 0.6) is 5.75 Å². The number of hydrogen-bond acceptors (Lipinski definition) is 3. The molecule has 3 nitrogen and oxygen atoms in total. The van der Waals surface area contributed by atoms with Gasteiger partial charge in [0.2, 0.25) is 0 Å². The Balaban J connectivity index is 2.02. The van der Waals surface area contributed by atoms with E-state index in [0.717, 1.165) is 31.7 Å². The number of allylic oxidation sites excluding steroid dienone is 1. The molecule has 21 heavy (non-hydrogen) atoms. The third kappa shape index (κ3) is 2.60. The second-order valence-corrected chi connectivity index (χ2v) is 6.33. The van der Waals surface area contributed by atoms with Gasteiger partial charge in [0, 0.05) is 12.5 Å². The molecule has 1 N–H and O–H groups in total. The highest BCUT2D eigenvalue weighted by atomic mass is 16.5. The molecule has 0 saturated heterocycles. The molecule has 2 aliphatic rings. The van der Waals surface area contributed by atoms with E-state index in [2.05, 4.69) is 37.1 Å². The van der Waals surface area contributed by atoms with Crippen molar-refractivity contribution in [2.24, 2.45) is 5.92 Å². The number of hydrogen-bond donors (Lipinski definition) is 1. The maximum Gasteiger partial charge on any atom is 0.122 e. The van der Waals surface area contributed by atoms with E-state index in [4.69, 9.17) is 4.74 Å². The minimum absolute atomic E-state index is 0.284. The Hall–Kier alpha value is -1.32. The summed E-state index contributed by atoms with van der Waals surface area (Å²) in [5, 5.41) is 9.89. The number of methoxy groups -OCH3 is 1. The second kappa shape index (κ2) is 5.82.